The fourth-order valence-electron chi connectivity index (χ4n) is 3.08. The third kappa shape index (κ3) is 3.79. The van der Waals surface area contributed by atoms with Crippen LogP contribution in [0, 0.1) is 0 Å². The molecule has 1 aliphatic rings. The summed E-state index contributed by atoms with van der Waals surface area (Å²) in [5.74, 6) is 0.219. The van der Waals surface area contributed by atoms with Crippen molar-refractivity contribution in [3.63, 3.8) is 0 Å². The van der Waals surface area contributed by atoms with E-state index in [-0.39, 0.29) is 5.92 Å². The van der Waals surface area contributed by atoms with Crippen molar-refractivity contribution in [1.82, 2.24) is 28.4 Å². The van der Waals surface area contributed by atoms with Crippen LogP contribution in [0.15, 0.2) is 24.8 Å². The molecule has 0 unspecified atom stereocenters. The predicted octanol–water partition coefficient (Wildman–Crippen LogP) is 1.91. The first-order valence-corrected chi connectivity index (χ1v) is 10.2. The highest BCUT2D eigenvalue weighted by molar-refractivity contribution is 7.86. The number of piperidine rings is 1. The minimum atomic E-state index is -3.34. The third-order valence-corrected chi connectivity index (χ3v) is 6.68. The van der Waals surface area contributed by atoms with Gasteiger partial charge in [-0.15, -0.1) is 0 Å². The van der Waals surface area contributed by atoms with Crippen LogP contribution in [0.1, 0.15) is 44.3 Å². The van der Waals surface area contributed by atoms with Crippen LogP contribution in [0.2, 0.25) is 0 Å². The Morgan fingerprint density at radius 1 is 1.15 bits per heavy atom. The summed E-state index contributed by atoms with van der Waals surface area (Å²) in [4.78, 5) is 9.11. The highest BCUT2D eigenvalue weighted by Gasteiger charge is 2.30. The molecule has 0 atom stereocenters. The molecule has 1 saturated heterocycles. The van der Waals surface area contributed by atoms with E-state index in [2.05, 4.69) is 23.9 Å². The Morgan fingerprint density at radius 2 is 1.85 bits per heavy atom. The van der Waals surface area contributed by atoms with E-state index in [9.17, 15) is 8.42 Å². The van der Waals surface area contributed by atoms with E-state index in [0.29, 0.717) is 19.1 Å². The molecular formula is C17H26N6O2S. The zero-order valence-corrected chi connectivity index (χ0v) is 16.5. The van der Waals surface area contributed by atoms with Gasteiger partial charge in [0.25, 0.3) is 10.2 Å². The average molecular weight is 379 g/mol. The zero-order valence-electron chi connectivity index (χ0n) is 15.7. The molecule has 2 aromatic rings. The molecular weight excluding hydrogens is 352 g/mol. The normalized spacial score (nSPS) is 17.3. The molecule has 3 heterocycles. The van der Waals surface area contributed by atoms with Gasteiger partial charge in [-0.2, -0.15) is 22.1 Å². The highest BCUT2D eigenvalue weighted by atomic mass is 32.2. The molecule has 0 spiro atoms. The fraction of sp³-hybridized carbons (Fsp3) is 0.588. The maximum atomic E-state index is 12.2. The van der Waals surface area contributed by atoms with E-state index >= 15 is 0 Å². The van der Waals surface area contributed by atoms with Gasteiger partial charge in [0.2, 0.25) is 0 Å². The highest BCUT2D eigenvalue weighted by Crippen LogP contribution is 2.29. The van der Waals surface area contributed by atoms with Crippen molar-refractivity contribution < 1.29 is 8.42 Å². The lowest BCUT2D eigenvalue weighted by Crippen LogP contribution is -2.44. The summed E-state index contributed by atoms with van der Waals surface area (Å²) in [5.41, 5.74) is 2.67. The first-order chi connectivity index (χ1) is 12.3. The molecule has 0 aromatic carbocycles. The van der Waals surface area contributed by atoms with Crippen LogP contribution in [-0.2, 0) is 10.2 Å². The number of rotatable bonds is 5. The van der Waals surface area contributed by atoms with Crippen LogP contribution in [-0.4, -0.2) is 64.0 Å². The van der Waals surface area contributed by atoms with Crippen LogP contribution >= 0.6 is 0 Å². The molecule has 0 N–H and O–H groups in total. The van der Waals surface area contributed by atoms with Gasteiger partial charge >= 0.3 is 0 Å². The second-order valence-corrected chi connectivity index (χ2v) is 9.24. The van der Waals surface area contributed by atoms with Crippen molar-refractivity contribution in [1.29, 1.82) is 0 Å². The first kappa shape index (κ1) is 18.9. The largest absolute Gasteiger partial charge is 0.281 e. The van der Waals surface area contributed by atoms with E-state index in [0.717, 1.165) is 29.8 Å². The molecule has 3 rings (SSSR count). The summed E-state index contributed by atoms with van der Waals surface area (Å²) < 4.78 is 29.2. The summed E-state index contributed by atoms with van der Waals surface area (Å²) >= 11 is 0. The molecule has 1 aliphatic heterocycles. The molecule has 142 valence electrons. The van der Waals surface area contributed by atoms with Crippen LogP contribution in [0.3, 0.4) is 0 Å². The Kier molecular flexibility index (Phi) is 5.40. The lowest BCUT2D eigenvalue weighted by atomic mass is 9.95. The van der Waals surface area contributed by atoms with Gasteiger partial charge in [0, 0.05) is 57.1 Å². The zero-order chi connectivity index (χ0) is 18.9. The first-order valence-electron chi connectivity index (χ1n) is 8.83. The van der Waals surface area contributed by atoms with E-state index in [1.807, 2.05) is 10.9 Å². The summed E-state index contributed by atoms with van der Waals surface area (Å²) in [6, 6.07) is 0.294. The van der Waals surface area contributed by atoms with Gasteiger partial charge in [-0.05, 0) is 26.7 Å². The number of hydrogen-bond donors (Lipinski definition) is 0. The number of nitrogens with zero attached hydrogens (tertiary/aromatic N) is 6. The van der Waals surface area contributed by atoms with Crippen LogP contribution in [0.25, 0.3) is 11.3 Å². The average Bonchev–Trinajstić information content (AvgIpc) is 3.12. The summed E-state index contributed by atoms with van der Waals surface area (Å²) in [6.45, 7) is 5.16. The number of hydrogen-bond acceptors (Lipinski definition) is 5. The Morgan fingerprint density at radius 3 is 2.42 bits per heavy atom. The minimum absolute atomic E-state index is 0.219. The van der Waals surface area contributed by atoms with Gasteiger partial charge in [0.05, 0.1) is 23.8 Å². The molecule has 9 heteroatoms. The van der Waals surface area contributed by atoms with Gasteiger partial charge in [0.1, 0.15) is 0 Å². The molecule has 1 fully saturated rings. The Hall–Kier alpha value is -1.84. The van der Waals surface area contributed by atoms with E-state index < -0.39 is 10.2 Å². The van der Waals surface area contributed by atoms with E-state index in [1.54, 1.807) is 32.7 Å². The lowest BCUT2D eigenvalue weighted by Gasteiger charge is -2.32. The maximum Gasteiger partial charge on any atom is 0.281 e. The van der Waals surface area contributed by atoms with Crippen molar-refractivity contribution in [2.24, 2.45) is 0 Å². The van der Waals surface area contributed by atoms with Gasteiger partial charge in [-0.1, -0.05) is 0 Å². The van der Waals surface area contributed by atoms with Gasteiger partial charge in [0.15, 0.2) is 0 Å². The van der Waals surface area contributed by atoms with Crippen molar-refractivity contribution in [2.75, 3.05) is 27.2 Å². The Balaban J connectivity index is 1.73. The maximum absolute atomic E-state index is 12.2. The van der Waals surface area contributed by atoms with Gasteiger partial charge in [-0.3, -0.25) is 9.67 Å². The van der Waals surface area contributed by atoms with Gasteiger partial charge in [-0.25, -0.2) is 4.98 Å². The van der Waals surface area contributed by atoms with E-state index in [4.69, 9.17) is 4.98 Å². The van der Waals surface area contributed by atoms with Crippen LogP contribution in [0.4, 0.5) is 0 Å². The molecule has 26 heavy (non-hydrogen) atoms. The molecule has 0 bridgehead atoms. The topological polar surface area (TPSA) is 84.2 Å². The SMILES string of the molecule is CC(C)n1cc(-c2cncc(C3CCN(S(=O)(=O)N(C)C)CC3)n2)cn1. The molecule has 2 aromatic heterocycles. The van der Waals surface area contributed by atoms with Crippen LogP contribution < -0.4 is 0 Å². The van der Waals surface area contributed by atoms with Gasteiger partial charge < -0.3 is 0 Å². The quantitative estimate of drug-likeness (QED) is 0.793. The second kappa shape index (κ2) is 7.42. The fourth-order valence-corrected chi connectivity index (χ4v) is 4.22. The molecule has 0 saturated carbocycles. The lowest BCUT2D eigenvalue weighted by molar-refractivity contribution is 0.300. The van der Waals surface area contributed by atoms with E-state index in [1.165, 1.54) is 8.61 Å². The van der Waals surface area contributed by atoms with Crippen molar-refractivity contribution in [3.05, 3.63) is 30.5 Å². The predicted molar refractivity (Wildman–Crippen MR) is 99.8 cm³/mol. The molecule has 0 radical (unpaired) electrons. The monoisotopic (exact) mass is 378 g/mol. The van der Waals surface area contributed by atoms with Crippen molar-refractivity contribution in [3.8, 4) is 11.3 Å². The standard InChI is InChI=1S/C17H26N6O2S/c1-13(2)23-12-15(9-19-23)17-11-18-10-16(20-17)14-5-7-22(8-6-14)26(24,25)21(3)4/h9-14H,5-8H2,1-4H3. The molecule has 0 amide bonds. The second-order valence-electron chi connectivity index (χ2n) is 7.10. The van der Waals surface area contributed by atoms with Crippen molar-refractivity contribution >= 4 is 10.2 Å². The van der Waals surface area contributed by atoms with Crippen molar-refractivity contribution in [2.45, 2.75) is 38.6 Å². The van der Waals surface area contributed by atoms with Crippen LogP contribution in [0.5, 0.6) is 0 Å². The summed E-state index contributed by atoms with van der Waals surface area (Å²) in [7, 11) is -0.216. The smallest absolute Gasteiger partial charge is 0.270 e. The summed E-state index contributed by atoms with van der Waals surface area (Å²) in [5, 5.41) is 4.36. The third-order valence-electron chi connectivity index (χ3n) is 4.74. The Labute approximate surface area is 155 Å². The Bertz CT molecular complexity index is 854. The number of aromatic nitrogens is 4. The molecule has 0 aliphatic carbocycles. The minimum Gasteiger partial charge on any atom is -0.270 e. The molecule has 8 nitrogen and oxygen atoms in total. The summed E-state index contributed by atoms with van der Waals surface area (Å²) in [6.07, 6.45) is 8.81.